The van der Waals surface area contributed by atoms with Crippen molar-refractivity contribution < 1.29 is 0 Å². The average Bonchev–Trinajstić information content (AvgIpc) is 2.29. The van der Waals surface area contributed by atoms with E-state index in [0.29, 0.717) is 6.04 Å². The highest BCUT2D eigenvalue weighted by Gasteiger charge is 2.10. The Labute approximate surface area is 85.7 Å². The second kappa shape index (κ2) is 5.13. The lowest BCUT2D eigenvalue weighted by Crippen LogP contribution is -2.48. The van der Waals surface area contributed by atoms with Gasteiger partial charge in [0.1, 0.15) is 0 Å². The van der Waals surface area contributed by atoms with Crippen LogP contribution in [0.2, 0.25) is 0 Å². The lowest BCUT2D eigenvalue weighted by Gasteiger charge is -2.24. The molecule has 14 heavy (non-hydrogen) atoms. The van der Waals surface area contributed by atoms with Gasteiger partial charge in [-0.15, -0.1) is 0 Å². The van der Waals surface area contributed by atoms with Crippen LogP contribution in [0.3, 0.4) is 0 Å². The molecule has 1 fully saturated rings. The average molecular weight is 190 g/mol. The maximum atomic E-state index is 3.53. The maximum Gasteiger partial charge on any atom is 0.0196 e. The molecule has 1 atom stereocenters. The summed E-state index contributed by atoms with van der Waals surface area (Å²) in [4.78, 5) is 0. The molecule has 2 nitrogen and oxygen atoms in total. The van der Waals surface area contributed by atoms with Gasteiger partial charge < -0.3 is 10.6 Å². The molecule has 0 radical (unpaired) electrons. The highest BCUT2D eigenvalue weighted by Crippen LogP contribution is 2.05. The largest absolute Gasteiger partial charge is 0.314 e. The van der Waals surface area contributed by atoms with Crippen molar-refractivity contribution in [1.82, 2.24) is 10.6 Å². The van der Waals surface area contributed by atoms with Gasteiger partial charge in [0, 0.05) is 25.7 Å². The van der Waals surface area contributed by atoms with Crippen LogP contribution in [-0.2, 0) is 6.42 Å². The van der Waals surface area contributed by atoms with Gasteiger partial charge in [0.2, 0.25) is 0 Å². The number of hydrogen-bond acceptors (Lipinski definition) is 2. The van der Waals surface area contributed by atoms with E-state index in [9.17, 15) is 0 Å². The molecular formula is C12H18N2. The highest BCUT2D eigenvalue weighted by molar-refractivity contribution is 5.14. The summed E-state index contributed by atoms with van der Waals surface area (Å²) in [7, 11) is 0. The van der Waals surface area contributed by atoms with Gasteiger partial charge in [-0.25, -0.2) is 0 Å². The molecule has 2 N–H and O–H groups in total. The predicted molar refractivity (Wildman–Crippen MR) is 59.4 cm³/mol. The number of hydrogen-bond donors (Lipinski definition) is 2. The third-order valence-electron chi connectivity index (χ3n) is 2.75. The molecule has 1 aliphatic heterocycles. The molecule has 0 aliphatic carbocycles. The predicted octanol–water partition coefficient (Wildman–Crippen LogP) is 1.18. The minimum atomic E-state index is 0.656. The van der Waals surface area contributed by atoms with Crippen LogP contribution in [0.25, 0.3) is 0 Å². The molecule has 1 aromatic rings. The Morgan fingerprint density at radius 1 is 1.14 bits per heavy atom. The summed E-state index contributed by atoms with van der Waals surface area (Å²) < 4.78 is 0. The normalized spacial score (nSPS) is 22.1. The first-order chi connectivity index (χ1) is 6.95. The summed E-state index contributed by atoms with van der Waals surface area (Å²) in [6.07, 6.45) is 2.41. The molecule has 1 unspecified atom stereocenters. The summed E-state index contributed by atoms with van der Waals surface area (Å²) in [5.74, 6) is 0. The van der Waals surface area contributed by atoms with Crippen LogP contribution < -0.4 is 10.6 Å². The molecule has 2 rings (SSSR count). The zero-order valence-corrected chi connectivity index (χ0v) is 8.50. The second-order valence-electron chi connectivity index (χ2n) is 3.88. The fraction of sp³-hybridized carbons (Fsp3) is 0.500. The smallest absolute Gasteiger partial charge is 0.0196 e. The molecule has 0 saturated carbocycles. The van der Waals surface area contributed by atoms with Crippen molar-refractivity contribution in [3.8, 4) is 0 Å². The van der Waals surface area contributed by atoms with Crippen molar-refractivity contribution in [2.24, 2.45) is 0 Å². The monoisotopic (exact) mass is 190 g/mol. The standard InChI is InChI=1S/C12H18N2/c1-2-4-11(5-3-1)6-7-12-10-13-8-9-14-12/h1-5,12-14H,6-10H2. The Morgan fingerprint density at radius 3 is 2.71 bits per heavy atom. The third kappa shape index (κ3) is 2.82. The molecule has 1 heterocycles. The fourth-order valence-electron chi connectivity index (χ4n) is 1.90. The second-order valence-corrected chi connectivity index (χ2v) is 3.88. The van der Waals surface area contributed by atoms with Gasteiger partial charge in [-0.3, -0.25) is 0 Å². The summed E-state index contributed by atoms with van der Waals surface area (Å²) in [5, 5.41) is 6.94. The molecule has 0 spiro atoms. The molecule has 0 aromatic heterocycles. The number of benzene rings is 1. The fourth-order valence-corrected chi connectivity index (χ4v) is 1.90. The molecule has 76 valence electrons. The molecule has 0 bridgehead atoms. The van der Waals surface area contributed by atoms with Crippen LogP contribution in [0.4, 0.5) is 0 Å². The van der Waals surface area contributed by atoms with Crippen LogP contribution >= 0.6 is 0 Å². The van der Waals surface area contributed by atoms with Crippen LogP contribution in [0.5, 0.6) is 0 Å². The number of piperazine rings is 1. The van der Waals surface area contributed by atoms with Crippen molar-refractivity contribution in [2.75, 3.05) is 19.6 Å². The molecule has 1 aromatic carbocycles. The van der Waals surface area contributed by atoms with Crippen molar-refractivity contribution in [3.63, 3.8) is 0 Å². The minimum absolute atomic E-state index is 0.656. The molecule has 1 saturated heterocycles. The Balaban J connectivity index is 1.76. The van der Waals surface area contributed by atoms with Crippen molar-refractivity contribution in [3.05, 3.63) is 35.9 Å². The Kier molecular flexibility index (Phi) is 3.55. The lowest BCUT2D eigenvalue weighted by atomic mass is 10.0. The van der Waals surface area contributed by atoms with E-state index >= 15 is 0 Å². The van der Waals surface area contributed by atoms with E-state index in [1.165, 1.54) is 18.4 Å². The zero-order chi connectivity index (χ0) is 9.64. The van der Waals surface area contributed by atoms with Crippen molar-refractivity contribution in [2.45, 2.75) is 18.9 Å². The van der Waals surface area contributed by atoms with Crippen LogP contribution in [0, 0.1) is 0 Å². The molecule has 1 aliphatic rings. The quantitative estimate of drug-likeness (QED) is 0.748. The zero-order valence-electron chi connectivity index (χ0n) is 8.50. The Bertz CT molecular complexity index is 252. The number of aryl methyl sites for hydroxylation is 1. The van der Waals surface area contributed by atoms with Crippen molar-refractivity contribution in [1.29, 1.82) is 0 Å². The van der Waals surface area contributed by atoms with Gasteiger partial charge in [0.15, 0.2) is 0 Å². The third-order valence-corrected chi connectivity index (χ3v) is 2.75. The van der Waals surface area contributed by atoms with Crippen LogP contribution in [0.1, 0.15) is 12.0 Å². The van der Waals surface area contributed by atoms with E-state index in [-0.39, 0.29) is 0 Å². The van der Waals surface area contributed by atoms with Gasteiger partial charge in [-0.05, 0) is 18.4 Å². The topological polar surface area (TPSA) is 24.1 Å². The summed E-state index contributed by atoms with van der Waals surface area (Å²) in [6, 6.07) is 11.4. The Hall–Kier alpha value is -0.860. The van der Waals surface area contributed by atoms with E-state index < -0.39 is 0 Å². The van der Waals surface area contributed by atoms with E-state index in [0.717, 1.165) is 19.6 Å². The number of rotatable bonds is 3. The maximum absolute atomic E-state index is 3.53. The summed E-state index contributed by atoms with van der Waals surface area (Å²) in [5.41, 5.74) is 1.44. The van der Waals surface area contributed by atoms with Gasteiger partial charge in [0.25, 0.3) is 0 Å². The summed E-state index contributed by atoms with van der Waals surface area (Å²) >= 11 is 0. The molecular weight excluding hydrogens is 172 g/mol. The minimum Gasteiger partial charge on any atom is -0.314 e. The first kappa shape index (κ1) is 9.69. The van der Waals surface area contributed by atoms with Gasteiger partial charge in [-0.1, -0.05) is 30.3 Å². The van der Waals surface area contributed by atoms with Gasteiger partial charge in [-0.2, -0.15) is 0 Å². The van der Waals surface area contributed by atoms with Crippen molar-refractivity contribution >= 4 is 0 Å². The van der Waals surface area contributed by atoms with E-state index in [1.54, 1.807) is 0 Å². The van der Waals surface area contributed by atoms with E-state index in [4.69, 9.17) is 0 Å². The Morgan fingerprint density at radius 2 is 2.00 bits per heavy atom. The first-order valence-corrected chi connectivity index (χ1v) is 5.43. The van der Waals surface area contributed by atoms with Gasteiger partial charge in [0.05, 0.1) is 0 Å². The van der Waals surface area contributed by atoms with Crippen LogP contribution in [-0.4, -0.2) is 25.7 Å². The number of nitrogens with one attached hydrogen (secondary N) is 2. The van der Waals surface area contributed by atoms with Gasteiger partial charge >= 0.3 is 0 Å². The lowest BCUT2D eigenvalue weighted by molar-refractivity contribution is 0.400. The molecule has 0 amide bonds. The van der Waals surface area contributed by atoms with E-state index in [2.05, 4.69) is 41.0 Å². The highest BCUT2D eigenvalue weighted by atomic mass is 15.0. The first-order valence-electron chi connectivity index (χ1n) is 5.43. The summed E-state index contributed by atoms with van der Waals surface area (Å²) in [6.45, 7) is 3.34. The molecule has 2 heteroatoms. The van der Waals surface area contributed by atoms with Crippen LogP contribution in [0.15, 0.2) is 30.3 Å². The van der Waals surface area contributed by atoms with E-state index in [1.807, 2.05) is 0 Å². The SMILES string of the molecule is c1ccc(CCC2CNCCN2)cc1.